The summed E-state index contributed by atoms with van der Waals surface area (Å²) in [6, 6.07) is 2.47. The lowest BCUT2D eigenvalue weighted by molar-refractivity contribution is 0.142. The van der Waals surface area contributed by atoms with Crippen molar-refractivity contribution >= 4 is 0 Å². The number of rotatable bonds is 4. The first kappa shape index (κ1) is 13.1. The molecule has 0 aliphatic carbocycles. The molecule has 0 amide bonds. The van der Waals surface area contributed by atoms with Crippen molar-refractivity contribution in [3.05, 3.63) is 29.6 Å². The van der Waals surface area contributed by atoms with Crippen molar-refractivity contribution in [1.82, 2.24) is 15.2 Å². The third kappa shape index (κ3) is 2.60. The molecule has 0 aliphatic heterocycles. The summed E-state index contributed by atoms with van der Waals surface area (Å²) in [6.45, 7) is 6.54. The monoisotopic (exact) mass is 221 g/mol. The van der Waals surface area contributed by atoms with Gasteiger partial charge in [-0.3, -0.25) is 4.98 Å². The second kappa shape index (κ2) is 4.93. The average Bonchev–Trinajstić information content (AvgIpc) is 2.18. The third-order valence-corrected chi connectivity index (χ3v) is 3.38. The molecule has 1 atom stereocenters. The smallest absolute Gasteiger partial charge is 0.0514 e. The molecule has 0 bridgehead atoms. The number of likely N-dealkylation sites (N-methyl/N-ethyl adjacent to an activating group) is 2. The maximum atomic E-state index is 4.27. The molecule has 0 aliphatic rings. The lowest BCUT2D eigenvalue weighted by Gasteiger charge is -2.40. The van der Waals surface area contributed by atoms with E-state index in [0.717, 1.165) is 0 Å². The number of pyridine rings is 1. The summed E-state index contributed by atoms with van der Waals surface area (Å²) in [5, 5.41) is 3.39. The molecule has 0 spiro atoms. The Morgan fingerprint density at radius 3 is 2.38 bits per heavy atom. The fraction of sp³-hybridized carbons (Fsp3) is 0.615. The highest BCUT2D eigenvalue weighted by molar-refractivity contribution is 5.23. The van der Waals surface area contributed by atoms with Crippen LogP contribution >= 0.6 is 0 Å². The van der Waals surface area contributed by atoms with Gasteiger partial charge in [0.05, 0.1) is 6.04 Å². The van der Waals surface area contributed by atoms with Crippen LogP contribution in [0, 0.1) is 6.92 Å². The summed E-state index contributed by atoms with van der Waals surface area (Å²) < 4.78 is 0. The van der Waals surface area contributed by atoms with Crippen molar-refractivity contribution in [2.75, 3.05) is 21.1 Å². The summed E-state index contributed by atoms with van der Waals surface area (Å²) in [5.74, 6) is 0. The molecule has 1 aromatic rings. The van der Waals surface area contributed by atoms with Crippen LogP contribution in [0.1, 0.15) is 31.0 Å². The van der Waals surface area contributed by atoms with E-state index in [1.54, 1.807) is 0 Å². The molecule has 3 heteroatoms. The number of nitrogens with one attached hydrogen (secondary N) is 1. The molecular formula is C13H23N3. The van der Waals surface area contributed by atoms with E-state index in [9.17, 15) is 0 Å². The molecular weight excluding hydrogens is 198 g/mol. The second-order valence-electron chi connectivity index (χ2n) is 5.07. The van der Waals surface area contributed by atoms with Crippen LogP contribution in [0.25, 0.3) is 0 Å². The van der Waals surface area contributed by atoms with Gasteiger partial charge in [-0.05, 0) is 53.0 Å². The first-order valence-corrected chi connectivity index (χ1v) is 5.66. The van der Waals surface area contributed by atoms with Crippen LogP contribution in [-0.4, -0.2) is 36.6 Å². The summed E-state index contributed by atoms with van der Waals surface area (Å²) in [6.07, 6.45) is 3.83. The maximum Gasteiger partial charge on any atom is 0.0514 e. The van der Waals surface area contributed by atoms with Gasteiger partial charge in [-0.15, -0.1) is 0 Å². The molecule has 0 aromatic carbocycles. The Kier molecular flexibility index (Phi) is 4.05. The van der Waals surface area contributed by atoms with Gasteiger partial charge in [-0.2, -0.15) is 0 Å². The lowest BCUT2D eigenvalue weighted by Crippen LogP contribution is -2.48. The predicted molar refractivity (Wildman–Crippen MR) is 68.5 cm³/mol. The number of aryl methyl sites for hydroxylation is 1. The molecule has 0 fully saturated rings. The molecule has 0 saturated heterocycles. The zero-order valence-corrected chi connectivity index (χ0v) is 11.2. The zero-order valence-electron chi connectivity index (χ0n) is 11.2. The van der Waals surface area contributed by atoms with Gasteiger partial charge in [0, 0.05) is 17.9 Å². The largest absolute Gasteiger partial charge is 0.311 e. The maximum absolute atomic E-state index is 4.27. The van der Waals surface area contributed by atoms with Crippen LogP contribution in [0.15, 0.2) is 18.5 Å². The molecule has 1 N–H and O–H groups in total. The lowest BCUT2D eigenvalue weighted by atomic mass is 9.88. The Morgan fingerprint density at radius 2 is 1.94 bits per heavy atom. The molecule has 1 heterocycles. The van der Waals surface area contributed by atoms with Gasteiger partial charge >= 0.3 is 0 Å². The van der Waals surface area contributed by atoms with E-state index in [0.29, 0.717) is 0 Å². The number of nitrogens with zero attached hydrogens (tertiary/aromatic N) is 2. The minimum Gasteiger partial charge on any atom is -0.311 e. The van der Waals surface area contributed by atoms with Crippen LogP contribution in [0.3, 0.4) is 0 Å². The highest BCUT2D eigenvalue weighted by atomic mass is 15.2. The van der Waals surface area contributed by atoms with Gasteiger partial charge in [0.15, 0.2) is 0 Å². The van der Waals surface area contributed by atoms with Crippen molar-refractivity contribution in [2.45, 2.75) is 32.4 Å². The summed E-state index contributed by atoms with van der Waals surface area (Å²) in [4.78, 5) is 6.50. The van der Waals surface area contributed by atoms with E-state index in [2.05, 4.69) is 56.1 Å². The SMILES string of the molecule is CNC(c1cncc(C)c1)C(C)(C)N(C)C. The van der Waals surface area contributed by atoms with Gasteiger partial charge in [0.1, 0.15) is 0 Å². The van der Waals surface area contributed by atoms with E-state index in [4.69, 9.17) is 0 Å². The van der Waals surface area contributed by atoms with Crippen LogP contribution in [-0.2, 0) is 0 Å². The highest BCUT2D eigenvalue weighted by Gasteiger charge is 2.31. The molecule has 90 valence electrons. The Morgan fingerprint density at radius 1 is 1.31 bits per heavy atom. The minimum absolute atomic E-state index is 0.0459. The minimum atomic E-state index is 0.0459. The topological polar surface area (TPSA) is 28.2 Å². The first-order valence-electron chi connectivity index (χ1n) is 5.66. The molecule has 3 nitrogen and oxygen atoms in total. The van der Waals surface area contributed by atoms with Crippen molar-refractivity contribution < 1.29 is 0 Å². The van der Waals surface area contributed by atoms with Crippen LogP contribution < -0.4 is 5.32 Å². The molecule has 1 unspecified atom stereocenters. The molecule has 1 aromatic heterocycles. The number of aromatic nitrogens is 1. The molecule has 1 rings (SSSR count). The Balaban J connectivity index is 3.08. The quantitative estimate of drug-likeness (QED) is 0.843. The highest BCUT2D eigenvalue weighted by Crippen LogP contribution is 2.28. The zero-order chi connectivity index (χ0) is 12.3. The normalized spacial score (nSPS) is 14.2. The molecule has 0 radical (unpaired) electrons. The van der Waals surface area contributed by atoms with Crippen molar-refractivity contribution in [1.29, 1.82) is 0 Å². The van der Waals surface area contributed by atoms with Crippen molar-refractivity contribution in [3.63, 3.8) is 0 Å². The summed E-state index contributed by atoms with van der Waals surface area (Å²) in [5.41, 5.74) is 2.48. The Bertz CT molecular complexity index is 345. The van der Waals surface area contributed by atoms with E-state index in [1.807, 2.05) is 19.4 Å². The molecule has 16 heavy (non-hydrogen) atoms. The number of hydrogen-bond donors (Lipinski definition) is 1. The van der Waals surface area contributed by atoms with Gasteiger partial charge in [0.25, 0.3) is 0 Å². The van der Waals surface area contributed by atoms with E-state index in [-0.39, 0.29) is 11.6 Å². The van der Waals surface area contributed by atoms with Gasteiger partial charge in [0.2, 0.25) is 0 Å². The second-order valence-corrected chi connectivity index (χ2v) is 5.07. The summed E-state index contributed by atoms with van der Waals surface area (Å²) in [7, 11) is 6.21. The van der Waals surface area contributed by atoms with E-state index < -0.39 is 0 Å². The Hall–Kier alpha value is -0.930. The number of hydrogen-bond acceptors (Lipinski definition) is 3. The van der Waals surface area contributed by atoms with Crippen molar-refractivity contribution in [3.8, 4) is 0 Å². The fourth-order valence-electron chi connectivity index (χ4n) is 1.92. The van der Waals surface area contributed by atoms with Crippen LogP contribution in [0.2, 0.25) is 0 Å². The standard InChI is InChI=1S/C13H23N3/c1-10-7-11(9-15-8-10)12(14-4)13(2,3)16(5)6/h7-9,12,14H,1-6H3. The fourth-order valence-corrected chi connectivity index (χ4v) is 1.92. The predicted octanol–water partition coefficient (Wildman–Crippen LogP) is 1.99. The van der Waals surface area contributed by atoms with Crippen LogP contribution in [0.4, 0.5) is 0 Å². The Labute approximate surface area is 98.9 Å². The average molecular weight is 221 g/mol. The van der Waals surface area contributed by atoms with Crippen molar-refractivity contribution in [2.24, 2.45) is 0 Å². The summed E-state index contributed by atoms with van der Waals surface area (Å²) >= 11 is 0. The van der Waals surface area contributed by atoms with Gasteiger partial charge in [-0.1, -0.05) is 6.07 Å². The first-order chi connectivity index (χ1) is 7.39. The molecule has 0 saturated carbocycles. The van der Waals surface area contributed by atoms with E-state index in [1.165, 1.54) is 11.1 Å². The van der Waals surface area contributed by atoms with E-state index >= 15 is 0 Å². The van der Waals surface area contributed by atoms with Gasteiger partial charge < -0.3 is 10.2 Å². The van der Waals surface area contributed by atoms with Crippen LogP contribution in [0.5, 0.6) is 0 Å². The van der Waals surface area contributed by atoms with Gasteiger partial charge in [-0.25, -0.2) is 0 Å². The third-order valence-electron chi connectivity index (χ3n) is 3.38.